The molecule has 1 nitrogen and oxygen atoms in total. The molecule has 1 aromatic rings. The first-order valence-electron chi connectivity index (χ1n) is 6.22. The molecule has 0 heterocycles. The Balaban J connectivity index is 3.29. The summed E-state index contributed by atoms with van der Waals surface area (Å²) in [4.78, 5) is 12.2. The number of hydrogen-bond acceptors (Lipinski definition) is 1. The number of carbonyl (C=O) groups is 1. The van der Waals surface area contributed by atoms with Crippen LogP contribution in [-0.2, 0) is 0 Å². The molecule has 94 valence electrons. The number of benzene rings is 1. The summed E-state index contributed by atoms with van der Waals surface area (Å²) in [6, 6.07) is 2.91. The van der Waals surface area contributed by atoms with Crippen LogP contribution in [-0.4, -0.2) is 5.78 Å². The summed E-state index contributed by atoms with van der Waals surface area (Å²) in [6.07, 6.45) is 0.784. The topological polar surface area (TPSA) is 17.1 Å². The summed E-state index contributed by atoms with van der Waals surface area (Å²) >= 11 is 0. The van der Waals surface area contributed by atoms with Gasteiger partial charge in [0.05, 0.1) is 0 Å². The summed E-state index contributed by atoms with van der Waals surface area (Å²) in [5.74, 6) is -0.0814. The minimum atomic E-state index is -0.314. The fourth-order valence-electron chi connectivity index (χ4n) is 2.01. The van der Waals surface area contributed by atoms with Gasteiger partial charge in [-0.25, -0.2) is 4.39 Å². The van der Waals surface area contributed by atoms with Crippen LogP contribution in [0.25, 0.3) is 0 Å². The molecule has 0 saturated carbocycles. The molecule has 0 bridgehead atoms. The van der Waals surface area contributed by atoms with E-state index in [9.17, 15) is 9.18 Å². The smallest absolute Gasteiger partial charge is 0.166 e. The molecule has 0 aliphatic carbocycles. The van der Waals surface area contributed by atoms with Gasteiger partial charge in [0.15, 0.2) is 5.78 Å². The third-order valence-corrected chi connectivity index (χ3v) is 3.36. The minimum absolute atomic E-state index is 0.0458. The molecule has 0 spiro atoms. The first kappa shape index (κ1) is 13.9. The Morgan fingerprint density at radius 1 is 1.29 bits per heavy atom. The Bertz CT molecular complexity index is 421. The van der Waals surface area contributed by atoms with E-state index in [-0.39, 0.29) is 23.4 Å². The summed E-state index contributed by atoms with van der Waals surface area (Å²) in [5, 5.41) is 0. The average Bonchev–Trinajstić information content (AvgIpc) is 2.29. The van der Waals surface area contributed by atoms with Crippen LogP contribution in [0.4, 0.5) is 4.39 Å². The molecular weight excluding hydrogens is 215 g/mol. The van der Waals surface area contributed by atoms with Crippen molar-refractivity contribution in [1.29, 1.82) is 0 Å². The Labute approximate surface area is 103 Å². The number of Topliss-reactive ketones (excluding diaryl/α,β-unsaturated/α-hetero) is 1. The SMILES string of the molecule is CCC(C)C(=O)c1cc(F)cc(C(C)C)c1C. The van der Waals surface area contributed by atoms with E-state index in [1.807, 2.05) is 34.6 Å². The first-order chi connectivity index (χ1) is 7.88. The van der Waals surface area contributed by atoms with Gasteiger partial charge in [0.1, 0.15) is 5.82 Å². The second-order valence-electron chi connectivity index (χ2n) is 5.00. The average molecular weight is 236 g/mol. The van der Waals surface area contributed by atoms with Gasteiger partial charge in [0, 0.05) is 11.5 Å². The lowest BCUT2D eigenvalue weighted by Crippen LogP contribution is -2.13. The van der Waals surface area contributed by atoms with Crippen molar-refractivity contribution in [1.82, 2.24) is 0 Å². The first-order valence-corrected chi connectivity index (χ1v) is 6.22. The zero-order valence-electron chi connectivity index (χ0n) is 11.3. The Hall–Kier alpha value is -1.18. The van der Waals surface area contributed by atoms with Crippen molar-refractivity contribution in [3.8, 4) is 0 Å². The lowest BCUT2D eigenvalue weighted by molar-refractivity contribution is 0.0926. The van der Waals surface area contributed by atoms with Crippen molar-refractivity contribution in [2.45, 2.75) is 47.0 Å². The zero-order chi connectivity index (χ0) is 13.2. The van der Waals surface area contributed by atoms with E-state index >= 15 is 0 Å². The van der Waals surface area contributed by atoms with E-state index < -0.39 is 0 Å². The molecule has 1 aromatic carbocycles. The molecule has 1 unspecified atom stereocenters. The Morgan fingerprint density at radius 2 is 1.88 bits per heavy atom. The predicted octanol–water partition coefficient (Wildman–Crippen LogP) is 4.49. The number of hydrogen-bond donors (Lipinski definition) is 0. The van der Waals surface area contributed by atoms with E-state index in [4.69, 9.17) is 0 Å². The zero-order valence-corrected chi connectivity index (χ0v) is 11.3. The molecule has 0 aromatic heterocycles. The third-order valence-electron chi connectivity index (χ3n) is 3.36. The monoisotopic (exact) mass is 236 g/mol. The summed E-state index contributed by atoms with van der Waals surface area (Å²) in [6.45, 7) is 9.80. The van der Waals surface area contributed by atoms with Gasteiger partial charge in [0.25, 0.3) is 0 Å². The highest BCUT2D eigenvalue weighted by Crippen LogP contribution is 2.25. The van der Waals surface area contributed by atoms with Crippen LogP contribution in [0.1, 0.15) is 61.5 Å². The maximum Gasteiger partial charge on any atom is 0.166 e. The molecule has 1 atom stereocenters. The molecular formula is C15H21FO. The molecule has 0 N–H and O–H groups in total. The van der Waals surface area contributed by atoms with Crippen LogP contribution >= 0.6 is 0 Å². The predicted molar refractivity (Wildman–Crippen MR) is 69.0 cm³/mol. The van der Waals surface area contributed by atoms with Crippen LogP contribution in [0.5, 0.6) is 0 Å². The van der Waals surface area contributed by atoms with Gasteiger partial charge in [-0.15, -0.1) is 0 Å². The van der Waals surface area contributed by atoms with Gasteiger partial charge in [0.2, 0.25) is 0 Å². The molecule has 0 radical (unpaired) electrons. The van der Waals surface area contributed by atoms with Crippen molar-refractivity contribution in [3.63, 3.8) is 0 Å². The number of halogens is 1. The number of rotatable bonds is 4. The summed E-state index contributed by atoms with van der Waals surface area (Å²) in [5.41, 5.74) is 2.39. The standard InChI is InChI=1S/C15H21FO/c1-6-10(4)15(17)14-8-12(16)7-13(9(2)3)11(14)5/h7-10H,6H2,1-5H3. The lowest BCUT2D eigenvalue weighted by Gasteiger charge is -2.16. The van der Waals surface area contributed by atoms with Crippen LogP contribution in [0.2, 0.25) is 0 Å². The highest BCUT2D eigenvalue weighted by molar-refractivity contribution is 5.99. The van der Waals surface area contributed by atoms with Crippen LogP contribution in [0.3, 0.4) is 0 Å². The van der Waals surface area contributed by atoms with E-state index in [1.165, 1.54) is 12.1 Å². The van der Waals surface area contributed by atoms with Crippen molar-refractivity contribution in [3.05, 3.63) is 34.6 Å². The molecule has 1 rings (SSSR count). The summed E-state index contributed by atoms with van der Waals surface area (Å²) in [7, 11) is 0. The third kappa shape index (κ3) is 2.93. The Morgan fingerprint density at radius 3 is 2.35 bits per heavy atom. The number of carbonyl (C=O) groups excluding carboxylic acids is 1. The highest BCUT2D eigenvalue weighted by atomic mass is 19.1. The second-order valence-corrected chi connectivity index (χ2v) is 5.00. The number of ketones is 1. The van der Waals surface area contributed by atoms with Crippen molar-refractivity contribution in [2.24, 2.45) is 5.92 Å². The normalized spacial score (nSPS) is 12.9. The van der Waals surface area contributed by atoms with E-state index in [0.717, 1.165) is 17.5 Å². The van der Waals surface area contributed by atoms with Gasteiger partial charge < -0.3 is 0 Å². The quantitative estimate of drug-likeness (QED) is 0.704. The van der Waals surface area contributed by atoms with E-state index in [1.54, 1.807) is 0 Å². The maximum atomic E-state index is 13.5. The molecule has 0 saturated heterocycles. The van der Waals surface area contributed by atoms with E-state index in [0.29, 0.717) is 5.56 Å². The van der Waals surface area contributed by atoms with Crippen molar-refractivity contribution < 1.29 is 9.18 Å². The van der Waals surface area contributed by atoms with Gasteiger partial charge in [-0.1, -0.05) is 27.7 Å². The van der Waals surface area contributed by atoms with Gasteiger partial charge in [-0.3, -0.25) is 4.79 Å². The fourth-order valence-corrected chi connectivity index (χ4v) is 2.01. The van der Waals surface area contributed by atoms with Gasteiger partial charge in [-0.05, 0) is 42.5 Å². The minimum Gasteiger partial charge on any atom is -0.294 e. The molecule has 0 aliphatic rings. The lowest BCUT2D eigenvalue weighted by atomic mass is 9.88. The molecule has 0 amide bonds. The largest absolute Gasteiger partial charge is 0.294 e. The fraction of sp³-hybridized carbons (Fsp3) is 0.533. The van der Waals surface area contributed by atoms with Crippen LogP contribution < -0.4 is 0 Å². The molecule has 17 heavy (non-hydrogen) atoms. The van der Waals surface area contributed by atoms with Gasteiger partial charge in [-0.2, -0.15) is 0 Å². The van der Waals surface area contributed by atoms with Crippen molar-refractivity contribution in [2.75, 3.05) is 0 Å². The molecule has 0 fully saturated rings. The summed E-state index contributed by atoms with van der Waals surface area (Å²) < 4.78 is 13.5. The van der Waals surface area contributed by atoms with Crippen molar-refractivity contribution >= 4 is 5.78 Å². The van der Waals surface area contributed by atoms with Crippen LogP contribution in [0.15, 0.2) is 12.1 Å². The molecule has 2 heteroatoms. The van der Waals surface area contributed by atoms with E-state index in [2.05, 4.69) is 0 Å². The highest BCUT2D eigenvalue weighted by Gasteiger charge is 2.19. The van der Waals surface area contributed by atoms with Crippen LogP contribution in [0, 0.1) is 18.7 Å². The molecule has 0 aliphatic heterocycles. The van der Waals surface area contributed by atoms with Gasteiger partial charge >= 0.3 is 0 Å². The maximum absolute atomic E-state index is 13.5. The second kappa shape index (κ2) is 5.44. The Kier molecular flexibility index (Phi) is 4.44.